The van der Waals surface area contributed by atoms with Gasteiger partial charge in [-0.1, -0.05) is 13.0 Å². The summed E-state index contributed by atoms with van der Waals surface area (Å²) < 4.78 is 5.37. The molecule has 1 heterocycles. The monoisotopic (exact) mass is 205 g/mol. The smallest absolute Gasteiger partial charge is 0.180 e. The molecule has 3 heteroatoms. The molecule has 0 aromatic carbocycles. The molecule has 0 fully saturated rings. The summed E-state index contributed by atoms with van der Waals surface area (Å²) in [5, 5.41) is 0. The van der Waals surface area contributed by atoms with E-state index in [0.717, 1.165) is 6.42 Å². The predicted octanol–water partition coefficient (Wildman–Crippen LogP) is 2.63. The fourth-order valence-electron chi connectivity index (χ4n) is 1.07. The Morgan fingerprint density at radius 2 is 2.40 bits per heavy atom. The van der Waals surface area contributed by atoms with Crippen LogP contribution in [-0.2, 0) is 0 Å². The third-order valence-corrected chi connectivity index (χ3v) is 1.93. The fourth-order valence-corrected chi connectivity index (χ4v) is 1.07. The van der Waals surface area contributed by atoms with E-state index in [4.69, 9.17) is 4.74 Å². The standard InChI is InChI=1S/C12H15NO2/c1-3-5-8-15-10-6-7-11(13-9-10)12(14)4-2/h3,6-7,9H,1,4-5,8H2,2H3. The molecule has 80 valence electrons. The second kappa shape index (κ2) is 5.96. The van der Waals surface area contributed by atoms with Crippen LogP contribution in [0, 0.1) is 0 Å². The first-order chi connectivity index (χ1) is 7.27. The van der Waals surface area contributed by atoms with E-state index >= 15 is 0 Å². The normalized spacial score (nSPS) is 9.67. The zero-order valence-electron chi connectivity index (χ0n) is 8.90. The number of ketones is 1. The summed E-state index contributed by atoms with van der Waals surface area (Å²) in [4.78, 5) is 15.3. The SMILES string of the molecule is C=CCCOc1ccc(C(=O)CC)nc1. The van der Waals surface area contributed by atoms with Crippen molar-refractivity contribution in [2.24, 2.45) is 0 Å². The number of pyridine rings is 1. The van der Waals surface area contributed by atoms with Crippen molar-refractivity contribution < 1.29 is 9.53 Å². The molecule has 0 spiro atoms. The lowest BCUT2D eigenvalue weighted by Gasteiger charge is -2.04. The van der Waals surface area contributed by atoms with Crippen molar-refractivity contribution in [1.29, 1.82) is 0 Å². The summed E-state index contributed by atoms with van der Waals surface area (Å²) in [5.74, 6) is 0.733. The summed E-state index contributed by atoms with van der Waals surface area (Å²) in [6, 6.07) is 3.45. The molecule has 0 unspecified atom stereocenters. The highest BCUT2D eigenvalue weighted by atomic mass is 16.5. The Labute approximate surface area is 89.8 Å². The second-order valence-electron chi connectivity index (χ2n) is 3.08. The molecule has 0 N–H and O–H groups in total. The number of rotatable bonds is 6. The van der Waals surface area contributed by atoms with E-state index < -0.39 is 0 Å². The summed E-state index contributed by atoms with van der Waals surface area (Å²) in [5.41, 5.74) is 0.494. The van der Waals surface area contributed by atoms with Gasteiger partial charge in [0, 0.05) is 6.42 Å². The van der Waals surface area contributed by atoms with E-state index in [9.17, 15) is 4.79 Å². The van der Waals surface area contributed by atoms with Crippen LogP contribution in [0.2, 0.25) is 0 Å². The van der Waals surface area contributed by atoms with Gasteiger partial charge in [-0.25, -0.2) is 4.98 Å². The number of aromatic nitrogens is 1. The summed E-state index contributed by atoms with van der Waals surface area (Å²) >= 11 is 0. The average molecular weight is 205 g/mol. The molecule has 0 saturated carbocycles. The first-order valence-electron chi connectivity index (χ1n) is 5.01. The lowest BCUT2D eigenvalue weighted by Crippen LogP contribution is -2.01. The molecule has 0 saturated heterocycles. The highest BCUT2D eigenvalue weighted by Gasteiger charge is 2.03. The second-order valence-corrected chi connectivity index (χ2v) is 3.08. The van der Waals surface area contributed by atoms with Gasteiger partial charge in [0.25, 0.3) is 0 Å². The van der Waals surface area contributed by atoms with Crippen molar-refractivity contribution in [1.82, 2.24) is 4.98 Å². The van der Waals surface area contributed by atoms with Crippen LogP contribution >= 0.6 is 0 Å². The highest BCUT2D eigenvalue weighted by molar-refractivity contribution is 5.93. The zero-order chi connectivity index (χ0) is 11.1. The van der Waals surface area contributed by atoms with Crippen LogP contribution in [0.15, 0.2) is 31.0 Å². The van der Waals surface area contributed by atoms with Gasteiger partial charge in [-0.3, -0.25) is 4.79 Å². The maximum Gasteiger partial charge on any atom is 0.180 e. The molecule has 1 aromatic heterocycles. The number of Topliss-reactive ketones (excluding diaryl/α,β-unsaturated/α-hetero) is 1. The molecule has 1 rings (SSSR count). The van der Waals surface area contributed by atoms with Gasteiger partial charge in [0.05, 0.1) is 12.8 Å². The third-order valence-electron chi connectivity index (χ3n) is 1.93. The Morgan fingerprint density at radius 1 is 1.60 bits per heavy atom. The molecule has 0 bridgehead atoms. The molecular weight excluding hydrogens is 190 g/mol. The number of nitrogens with zero attached hydrogens (tertiary/aromatic N) is 1. The Balaban J connectivity index is 2.56. The topological polar surface area (TPSA) is 39.2 Å². The highest BCUT2D eigenvalue weighted by Crippen LogP contribution is 2.10. The van der Waals surface area contributed by atoms with Gasteiger partial charge in [-0.05, 0) is 18.6 Å². The molecule has 15 heavy (non-hydrogen) atoms. The Kier molecular flexibility index (Phi) is 4.54. The van der Waals surface area contributed by atoms with Gasteiger partial charge in [0.1, 0.15) is 11.4 Å². The predicted molar refractivity (Wildman–Crippen MR) is 59.2 cm³/mol. The fraction of sp³-hybridized carbons (Fsp3) is 0.333. The van der Waals surface area contributed by atoms with E-state index in [1.165, 1.54) is 0 Å². The Bertz CT molecular complexity index is 330. The van der Waals surface area contributed by atoms with Crippen molar-refractivity contribution in [2.45, 2.75) is 19.8 Å². The molecule has 0 atom stereocenters. The Morgan fingerprint density at radius 3 is 2.93 bits per heavy atom. The van der Waals surface area contributed by atoms with Crippen LogP contribution in [-0.4, -0.2) is 17.4 Å². The minimum absolute atomic E-state index is 0.0487. The van der Waals surface area contributed by atoms with Gasteiger partial charge in [0.2, 0.25) is 0 Å². The first-order valence-corrected chi connectivity index (χ1v) is 5.01. The van der Waals surface area contributed by atoms with Gasteiger partial charge in [0.15, 0.2) is 5.78 Å². The van der Waals surface area contributed by atoms with Crippen LogP contribution in [0.3, 0.4) is 0 Å². The van der Waals surface area contributed by atoms with E-state index in [1.807, 2.05) is 6.92 Å². The number of carbonyl (C=O) groups is 1. The Hall–Kier alpha value is -1.64. The van der Waals surface area contributed by atoms with Gasteiger partial charge in [-0.2, -0.15) is 0 Å². The van der Waals surface area contributed by atoms with Crippen LogP contribution < -0.4 is 4.74 Å². The van der Waals surface area contributed by atoms with E-state index in [-0.39, 0.29) is 5.78 Å². The summed E-state index contributed by atoms with van der Waals surface area (Å²) in [6.07, 6.45) is 4.65. The van der Waals surface area contributed by atoms with E-state index in [1.54, 1.807) is 24.4 Å². The van der Waals surface area contributed by atoms with Gasteiger partial charge >= 0.3 is 0 Å². The van der Waals surface area contributed by atoms with Crippen LogP contribution in [0.1, 0.15) is 30.3 Å². The van der Waals surface area contributed by atoms with Crippen molar-refractivity contribution in [3.05, 3.63) is 36.7 Å². The quantitative estimate of drug-likeness (QED) is 0.407. The van der Waals surface area contributed by atoms with E-state index in [0.29, 0.717) is 24.5 Å². The number of hydrogen-bond donors (Lipinski definition) is 0. The zero-order valence-corrected chi connectivity index (χ0v) is 8.90. The largest absolute Gasteiger partial charge is 0.492 e. The van der Waals surface area contributed by atoms with Crippen LogP contribution in [0.25, 0.3) is 0 Å². The molecular formula is C12H15NO2. The number of hydrogen-bond acceptors (Lipinski definition) is 3. The molecule has 0 aliphatic carbocycles. The van der Waals surface area contributed by atoms with Crippen molar-refractivity contribution in [3.63, 3.8) is 0 Å². The van der Waals surface area contributed by atoms with E-state index in [2.05, 4.69) is 11.6 Å². The molecule has 1 aromatic rings. The first kappa shape index (κ1) is 11.4. The lowest BCUT2D eigenvalue weighted by molar-refractivity contribution is 0.0983. The molecule has 3 nitrogen and oxygen atoms in total. The van der Waals surface area contributed by atoms with Crippen molar-refractivity contribution >= 4 is 5.78 Å². The summed E-state index contributed by atoms with van der Waals surface area (Å²) in [7, 11) is 0. The van der Waals surface area contributed by atoms with Gasteiger partial charge < -0.3 is 4.74 Å². The van der Waals surface area contributed by atoms with Crippen LogP contribution in [0.5, 0.6) is 5.75 Å². The molecule has 0 radical (unpaired) electrons. The maximum absolute atomic E-state index is 11.3. The lowest BCUT2D eigenvalue weighted by atomic mass is 10.2. The van der Waals surface area contributed by atoms with Crippen molar-refractivity contribution in [3.8, 4) is 5.75 Å². The number of ether oxygens (including phenoxy) is 1. The third kappa shape index (κ3) is 3.54. The molecule has 0 amide bonds. The minimum atomic E-state index is 0.0487. The average Bonchev–Trinajstić information content (AvgIpc) is 2.29. The molecule has 0 aliphatic rings. The molecule has 0 aliphatic heterocycles. The van der Waals surface area contributed by atoms with Crippen molar-refractivity contribution in [2.75, 3.05) is 6.61 Å². The minimum Gasteiger partial charge on any atom is -0.492 e. The number of carbonyl (C=O) groups excluding carboxylic acids is 1. The van der Waals surface area contributed by atoms with Gasteiger partial charge in [-0.15, -0.1) is 6.58 Å². The summed E-state index contributed by atoms with van der Waals surface area (Å²) in [6.45, 7) is 6.01. The maximum atomic E-state index is 11.3. The van der Waals surface area contributed by atoms with Crippen LogP contribution in [0.4, 0.5) is 0 Å².